The van der Waals surface area contributed by atoms with E-state index in [1.165, 1.54) is 4.90 Å². The van der Waals surface area contributed by atoms with Crippen LogP contribution in [0.2, 0.25) is 0 Å². The number of thioether (sulfide) groups is 1. The zero-order valence-electron chi connectivity index (χ0n) is 26.4. The van der Waals surface area contributed by atoms with Crippen molar-refractivity contribution in [1.82, 2.24) is 4.98 Å². The fourth-order valence-electron chi connectivity index (χ4n) is 5.44. The van der Waals surface area contributed by atoms with E-state index in [1.54, 1.807) is 81.2 Å². The molecule has 0 saturated heterocycles. The number of carbonyl (C=O) groups excluding carboxylic acids is 4. The second-order valence-corrected chi connectivity index (χ2v) is 14.1. The maximum atomic E-state index is 13.3. The van der Waals surface area contributed by atoms with Crippen molar-refractivity contribution in [3.63, 3.8) is 0 Å². The number of carbonyl (C=O) groups is 4. The average Bonchev–Trinajstić information content (AvgIpc) is 3.63. The summed E-state index contributed by atoms with van der Waals surface area (Å²) < 4.78 is 6.39. The molecule has 1 aliphatic carbocycles. The van der Waals surface area contributed by atoms with Crippen molar-refractivity contribution in [2.75, 3.05) is 23.0 Å². The molecule has 0 fully saturated rings. The number of ketones is 2. The maximum Gasteiger partial charge on any atom is 0.411 e. The number of ether oxygens (including phenoxy) is 1. The van der Waals surface area contributed by atoms with Gasteiger partial charge in [-0.2, -0.15) is 0 Å². The van der Waals surface area contributed by atoms with E-state index < -0.39 is 11.5 Å². The minimum Gasteiger partial charge on any atom is -0.444 e. The molecule has 11 heteroatoms. The van der Waals surface area contributed by atoms with Crippen LogP contribution >= 0.6 is 23.1 Å². The lowest BCUT2D eigenvalue weighted by atomic mass is 9.71. The standard InChI is InChI=1S/C34H36N4O5S2/c1-18-17-44-31(35-18)32-37-25-13-10-23(14-26(25)45-32)36-33(42)43-16-22-8-11-24(12-9-22)38(7)27(39)15-34(5,6)28-21(4)29(40)19(2)20(3)30(28)41/h8-14,18H,15-17H2,1-7H3,(H,36,42)/t18-/m0/s1. The number of nitrogens with one attached hydrogen (secondary N) is 1. The summed E-state index contributed by atoms with van der Waals surface area (Å²) in [6, 6.07) is 13.0. The van der Waals surface area contributed by atoms with Gasteiger partial charge >= 0.3 is 6.09 Å². The first-order valence-electron chi connectivity index (χ1n) is 14.6. The summed E-state index contributed by atoms with van der Waals surface area (Å²) in [7, 11) is 1.67. The van der Waals surface area contributed by atoms with Crippen LogP contribution in [0.25, 0.3) is 10.2 Å². The van der Waals surface area contributed by atoms with Gasteiger partial charge in [0.2, 0.25) is 5.91 Å². The van der Waals surface area contributed by atoms with Crippen LogP contribution < -0.4 is 10.2 Å². The van der Waals surface area contributed by atoms with E-state index in [2.05, 4.69) is 22.2 Å². The van der Waals surface area contributed by atoms with Gasteiger partial charge in [-0.25, -0.2) is 9.78 Å². The molecule has 0 spiro atoms. The third-order valence-corrected chi connectivity index (χ3v) is 10.5. The Balaban J connectivity index is 1.16. The van der Waals surface area contributed by atoms with Gasteiger partial charge < -0.3 is 9.64 Å². The number of nitrogens with zero attached hydrogens (tertiary/aromatic N) is 3. The number of allylic oxidation sites excluding steroid dienone is 4. The Morgan fingerprint density at radius 1 is 1.02 bits per heavy atom. The Labute approximate surface area is 270 Å². The molecule has 1 aromatic heterocycles. The van der Waals surface area contributed by atoms with Crippen LogP contribution in [0, 0.1) is 5.41 Å². The number of aliphatic imine (C=N–C) groups is 1. The van der Waals surface area contributed by atoms with Crippen LogP contribution in [-0.2, 0) is 25.7 Å². The largest absolute Gasteiger partial charge is 0.444 e. The Morgan fingerprint density at radius 2 is 1.71 bits per heavy atom. The third-order valence-electron chi connectivity index (χ3n) is 8.14. The Bertz CT molecular complexity index is 1820. The molecule has 2 aliphatic rings. The van der Waals surface area contributed by atoms with Crippen molar-refractivity contribution < 1.29 is 23.9 Å². The molecular formula is C34H36N4O5S2. The highest BCUT2D eigenvalue weighted by atomic mass is 32.2. The molecule has 0 radical (unpaired) electrons. The smallest absolute Gasteiger partial charge is 0.411 e. The number of Topliss-reactive ketones (excluding diaryl/α,β-unsaturated/α-hetero) is 2. The third kappa shape index (κ3) is 6.79. The molecular weight excluding hydrogens is 609 g/mol. The molecule has 5 rings (SSSR count). The molecule has 0 saturated carbocycles. The van der Waals surface area contributed by atoms with Crippen molar-refractivity contribution in [2.24, 2.45) is 10.4 Å². The predicted molar refractivity (Wildman–Crippen MR) is 181 cm³/mol. The van der Waals surface area contributed by atoms with Gasteiger partial charge in [-0.05, 0) is 63.6 Å². The summed E-state index contributed by atoms with van der Waals surface area (Å²) in [5.41, 5.74) is 3.73. The highest BCUT2D eigenvalue weighted by Crippen LogP contribution is 2.39. The lowest BCUT2D eigenvalue weighted by molar-refractivity contribution is -0.121. The van der Waals surface area contributed by atoms with Crippen LogP contribution in [0.5, 0.6) is 0 Å². The number of anilines is 2. The van der Waals surface area contributed by atoms with E-state index in [9.17, 15) is 19.2 Å². The summed E-state index contributed by atoms with van der Waals surface area (Å²) in [6.45, 7) is 10.8. The minimum atomic E-state index is -0.833. The lowest BCUT2D eigenvalue weighted by Gasteiger charge is -2.32. The number of rotatable bonds is 8. The number of hydrogen-bond acceptors (Lipinski definition) is 9. The van der Waals surface area contributed by atoms with Gasteiger partial charge in [0, 0.05) is 58.3 Å². The highest BCUT2D eigenvalue weighted by Gasteiger charge is 2.39. The van der Waals surface area contributed by atoms with Gasteiger partial charge in [0.25, 0.3) is 0 Å². The zero-order valence-corrected chi connectivity index (χ0v) is 28.1. The Hall–Kier alpha value is -4.09. The first kappa shape index (κ1) is 32.3. The number of amides is 2. The second-order valence-electron chi connectivity index (χ2n) is 12.1. The molecule has 1 atom stereocenters. The van der Waals surface area contributed by atoms with Crippen LogP contribution in [0.1, 0.15) is 58.5 Å². The second kappa shape index (κ2) is 12.7. The predicted octanol–water partition coefficient (Wildman–Crippen LogP) is 7.11. The minimum absolute atomic E-state index is 0.0497. The molecule has 0 unspecified atom stereocenters. The molecule has 1 N–H and O–H groups in total. The molecule has 0 bridgehead atoms. The molecule has 2 aromatic carbocycles. The fourth-order valence-corrected chi connectivity index (χ4v) is 7.54. The van der Waals surface area contributed by atoms with E-state index in [4.69, 9.17) is 4.74 Å². The van der Waals surface area contributed by atoms with Crippen LogP contribution in [0.3, 0.4) is 0 Å². The van der Waals surface area contributed by atoms with E-state index in [0.29, 0.717) is 39.7 Å². The monoisotopic (exact) mass is 644 g/mol. The molecule has 9 nitrogen and oxygen atoms in total. The van der Waals surface area contributed by atoms with Gasteiger partial charge in [-0.3, -0.25) is 24.7 Å². The molecule has 2 amide bonds. The van der Waals surface area contributed by atoms with Gasteiger partial charge in [-0.15, -0.1) is 23.1 Å². The van der Waals surface area contributed by atoms with E-state index in [0.717, 1.165) is 31.6 Å². The number of aromatic nitrogens is 1. The molecule has 1 aliphatic heterocycles. The SMILES string of the molecule is CC1=C(C)C(=O)C(C(C)(C)CC(=O)N(C)c2ccc(COC(=O)Nc3ccc4nc(C5=N[C@@H](C)CS5)sc4c3)cc2)=C(C)C1=O. The first-order valence-corrected chi connectivity index (χ1v) is 16.4. The van der Waals surface area contributed by atoms with Crippen LogP contribution in [0.15, 0.2) is 69.7 Å². The van der Waals surface area contributed by atoms with E-state index in [-0.39, 0.29) is 30.5 Å². The van der Waals surface area contributed by atoms with Gasteiger partial charge in [0.05, 0.1) is 16.3 Å². The summed E-state index contributed by atoms with van der Waals surface area (Å²) in [5, 5.41) is 4.63. The maximum absolute atomic E-state index is 13.3. The van der Waals surface area contributed by atoms with Crippen molar-refractivity contribution in [3.8, 4) is 0 Å². The average molecular weight is 645 g/mol. The van der Waals surface area contributed by atoms with Gasteiger partial charge in [0.15, 0.2) is 11.6 Å². The fraction of sp³-hybridized carbons (Fsp3) is 0.353. The molecule has 45 heavy (non-hydrogen) atoms. The summed E-state index contributed by atoms with van der Waals surface area (Å²) in [4.78, 5) is 62.4. The van der Waals surface area contributed by atoms with Crippen molar-refractivity contribution in [3.05, 3.63) is 75.3 Å². The summed E-state index contributed by atoms with van der Waals surface area (Å²) >= 11 is 3.26. The van der Waals surface area contributed by atoms with Crippen LogP contribution in [-0.4, -0.2) is 52.4 Å². The zero-order chi connectivity index (χ0) is 32.6. The van der Waals surface area contributed by atoms with Crippen LogP contribution in [0.4, 0.5) is 16.2 Å². The normalized spacial score (nSPS) is 17.2. The van der Waals surface area contributed by atoms with Crippen molar-refractivity contribution in [2.45, 2.75) is 60.6 Å². The Morgan fingerprint density at radius 3 is 2.38 bits per heavy atom. The summed E-state index contributed by atoms with van der Waals surface area (Å²) in [5.74, 6) is 0.437. The number of thiazole rings is 1. The molecule has 234 valence electrons. The number of fused-ring (bicyclic) bond motifs is 1. The van der Waals surface area contributed by atoms with Crippen molar-refractivity contribution in [1.29, 1.82) is 0 Å². The number of hydrogen-bond donors (Lipinski definition) is 1. The van der Waals surface area contributed by atoms with E-state index in [1.807, 2.05) is 26.0 Å². The van der Waals surface area contributed by atoms with Crippen molar-refractivity contribution >= 4 is 73.3 Å². The quantitative estimate of drug-likeness (QED) is 0.260. The first-order chi connectivity index (χ1) is 21.2. The molecule has 2 heterocycles. The van der Waals surface area contributed by atoms with E-state index >= 15 is 0 Å². The summed E-state index contributed by atoms with van der Waals surface area (Å²) in [6.07, 6.45) is -0.531. The number of benzene rings is 2. The highest BCUT2D eigenvalue weighted by molar-refractivity contribution is 8.15. The Kier molecular flexibility index (Phi) is 9.14. The topological polar surface area (TPSA) is 118 Å². The van der Waals surface area contributed by atoms with Gasteiger partial charge in [0.1, 0.15) is 16.7 Å². The van der Waals surface area contributed by atoms with Gasteiger partial charge in [-0.1, -0.05) is 26.0 Å². The lowest BCUT2D eigenvalue weighted by Crippen LogP contribution is -2.36. The molecule has 3 aromatic rings.